The van der Waals surface area contributed by atoms with E-state index in [0.29, 0.717) is 11.5 Å². The molecule has 0 saturated heterocycles. The number of benzene rings is 2. The monoisotopic (exact) mass is 369 g/mol. The highest BCUT2D eigenvalue weighted by atomic mass is 19.1. The second kappa shape index (κ2) is 6.70. The number of rotatable bonds is 5. The molecule has 2 aliphatic rings. The van der Waals surface area contributed by atoms with E-state index in [9.17, 15) is 8.78 Å². The molecule has 2 saturated carbocycles. The Kier molecular flexibility index (Phi) is 4.62. The third-order valence-corrected chi connectivity index (χ3v) is 7.79. The van der Waals surface area contributed by atoms with E-state index in [-0.39, 0.29) is 17.0 Å². The minimum absolute atomic E-state index is 0.197. The average molecular weight is 369 g/mol. The van der Waals surface area contributed by atoms with Crippen molar-refractivity contribution in [3.63, 3.8) is 0 Å². The lowest BCUT2D eigenvalue weighted by Gasteiger charge is -2.45. The topological polar surface area (TPSA) is 3.24 Å². The standard InChI is InChI=1S/C24H29F2N/c1-23(2)19-12-13-24(23,3)22(14-19)27(15-17-4-8-20(25)9-5-17)16-18-6-10-21(26)11-7-18/h4-11,19,22H,12-16H2,1-3H3/t19-,22+,24+/m0/s1. The van der Waals surface area contributed by atoms with E-state index in [4.69, 9.17) is 0 Å². The summed E-state index contributed by atoms with van der Waals surface area (Å²) in [5.41, 5.74) is 2.87. The van der Waals surface area contributed by atoms with Crippen LogP contribution in [0.3, 0.4) is 0 Å². The Balaban J connectivity index is 1.63. The highest BCUT2D eigenvalue weighted by Gasteiger charge is 2.62. The van der Waals surface area contributed by atoms with E-state index in [1.165, 1.54) is 43.5 Å². The molecule has 2 aliphatic carbocycles. The minimum Gasteiger partial charge on any atom is -0.291 e. The number of hydrogen-bond donors (Lipinski definition) is 0. The average Bonchev–Trinajstić information content (AvgIpc) is 2.98. The van der Waals surface area contributed by atoms with Crippen LogP contribution < -0.4 is 0 Å². The zero-order valence-corrected chi connectivity index (χ0v) is 16.5. The van der Waals surface area contributed by atoms with Crippen molar-refractivity contribution in [2.24, 2.45) is 16.7 Å². The number of nitrogens with zero attached hydrogens (tertiary/aromatic N) is 1. The molecule has 27 heavy (non-hydrogen) atoms. The predicted octanol–water partition coefficient (Wildman–Crippen LogP) is 6.18. The van der Waals surface area contributed by atoms with Crippen molar-refractivity contribution in [1.29, 1.82) is 0 Å². The van der Waals surface area contributed by atoms with Crippen molar-refractivity contribution < 1.29 is 8.78 Å². The highest BCUT2D eigenvalue weighted by Crippen LogP contribution is 2.66. The first-order valence-corrected chi connectivity index (χ1v) is 10.0. The lowest BCUT2D eigenvalue weighted by molar-refractivity contribution is 0.0332. The molecule has 144 valence electrons. The van der Waals surface area contributed by atoms with E-state index in [1.54, 1.807) is 0 Å². The molecule has 0 aliphatic heterocycles. The second-order valence-electron chi connectivity index (χ2n) is 9.28. The second-order valence-corrected chi connectivity index (χ2v) is 9.28. The van der Waals surface area contributed by atoms with Crippen molar-refractivity contribution in [3.8, 4) is 0 Å². The fourth-order valence-corrected chi connectivity index (χ4v) is 5.64. The van der Waals surface area contributed by atoms with Crippen molar-refractivity contribution in [3.05, 3.63) is 71.3 Å². The molecule has 0 spiro atoms. The summed E-state index contributed by atoms with van der Waals surface area (Å²) in [6.07, 6.45) is 3.80. The third kappa shape index (κ3) is 3.20. The summed E-state index contributed by atoms with van der Waals surface area (Å²) >= 11 is 0. The van der Waals surface area contributed by atoms with E-state index in [2.05, 4.69) is 25.7 Å². The van der Waals surface area contributed by atoms with Gasteiger partial charge in [-0.1, -0.05) is 45.0 Å². The van der Waals surface area contributed by atoms with Gasteiger partial charge in [-0.15, -0.1) is 0 Å². The van der Waals surface area contributed by atoms with Gasteiger partial charge in [0.2, 0.25) is 0 Å². The fraction of sp³-hybridized carbons (Fsp3) is 0.500. The van der Waals surface area contributed by atoms with E-state index < -0.39 is 0 Å². The van der Waals surface area contributed by atoms with Gasteiger partial charge in [-0.2, -0.15) is 0 Å². The number of hydrogen-bond acceptors (Lipinski definition) is 1. The summed E-state index contributed by atoms with van der Waals surface area (Å²) in [6, 6.07) is 14.2. The van der Waals surface area contributed by atoms with Gasteiger partial charge in [-0.05, 0) is 71.4 Å². The molecule has 0 radical (unpaired) electrons. The first-order valence-electron chi connectivity index (χ1n) is 10.0. The Labute approximate surface area is 161 Å². The van der Waals surface area contributed by atoms with Crippen LogP contribution in [0.15, 0.2) is 48.5 Å². The Morgan fingerprint density at radius 3 is 1.70 bits per heavy atom. The third-order valence-electron chi connectivity index (χ3n) is 7.79. The summed E-state index contributed by atoms with van der Waals surface area (Å²) < 4.78 is 26.7. The van der Waals surface area contributed by atoms with Crippen molar-refractivity contribution in [2.45, 2.75) is 59.2 Å². The number of halogens is 2. The summed E-state index contributed by atoms with van der Waals surface area (Å²) in [4.78, 5) is 2.54. The maximum atomic E-state index is 13.3. The SMILES string of the molecule is CC1(C)[C@H]2CC[C@]1(C)[C@H](N(Cc1ccc(F)cc1)Cc1ccc(F)cc1)C2. The van der Waals surface area contributed by atoms with Gasteiger partial charge in [-0.3, -0.25) is 4.90 Å². The van der Waals surface area contributed by atoms with E-state index in [1.807, 2.05) is 24.3 Å². The minimum atomic E-state index is -0.197. The van der Waals surface area contributed by atoms with E-state index >= 15 is 0 Å². The van der Waals surface area contributed by atoms with Gasteiger partial charge in [-0.25, -0.2) is 8.78 Å². The quantitative estimate of drug-likeness (QED) is 0.608. The van der Waals surface area contributed by atoms with Crippen LogP contribution in [0.4, 0.5) is 8.78 Å². The maximum absolute atomic E-state index is 13.3. The van der Waals surface area contributed by atoms with Gasteiger partial charge in [0.05, 0.1) is 0 Å². The van der Waals surface area contributed by atoms with Gasteiger partial charge in [0, 0.05) is 19.1 Å². The summed E-state index contributed by atoms with van der Waals surface area (Å²) in [7, 11) is 0. The van der Waals surface area contributed by atoms with Crippen LogP contribution in [0.25, 0.3) is 0 Å². The van der Waals surface area contributed by atoms with Crippen molar-refractivity contribution in [1.82, 2.24) is 4.90 Å². The molecule has 2 aromatic rings. The summed E-state index contributed by atoms with van der Waals surface area (Å²) in [5.74, 6) is 0.366. The van der Waals surface area contributed by atoms with Crippen LogP contribution in [-0.4, -0.2) is 10.9 Å². The van der Waals surface area contributed by atoms with Crippen LogP contribution in [-0.2, 0) is 13.1 Å². The first-order chi connectivity index (χ1) is 12.8. The van der Waals surface area contributed by atoms with E-state index in [0.717, 1.165) is 30.1 Å². The smallest absolute Gasteiger partial charge is 0.123 e. The molecule has 0 aromatic heterocycles. The molecule has 0 heterocycles. The molecule has 0 amide bonds. The van der Waals surface area contributed by atoms with Gasteiger partial charge < -0.3 is 0 Å². The largest absolute Gasteiger partial charge is 0.291 e. The van der Waals surface area contributed by atoms with Crippen molar-refractivity contribution >= 4 is 0 Å². The van der Waals surface area contributed by atoms with Gasteiger partial charge >= 0.3 is 0 Å². The Morgan fingerprint density at radius 1 is 0.852 bits per heavy atom. The molecule has 3 atom stereocenters. The van der Waals surface area contributed by atoms with Crippen LogP contribution in [0.5, 0.6) is 0 Å². The Morgan fingerprint density at radius 2 is 1.33 bits per heavy atom. The van der Waals surface area contributed by atoms with Gasteiger partial charge in [0.25, 0.3) is 0 Å². The lowest BCUT2D eigenvalue weighted by Crippen LogP contribution is -2.46. The molecule has 2 fully saturated rings. The van der Waals surface area contributed by atoms with Crippen LogP contribution in [0, 0.1) is 28.4 Å². The van der Waals surface area contributed by atoms with Crippen LogP contribution in [0.2, 0.25) is 0 Å². The zero-order valence-electron chi connectivity index (χ0n) is 16.5. The molecule has 2 bridgehead atoms. The highest BCUT2D eigenvalue weighted by molar-refractivity contribution is 5.21. The summed E-state index contributed by atoms with van der Waals surface area (Å²) in [5, 5.41) is 0. The molecular formula is C24H29F2N. The van der Waals surface area contributed by atoms with Gasteiger partial charge in [0.15, 0.2) is 0 Å². The molecule has 3 heteroatoms. The maximum Gasteiger partial charge on any atom is 0.123 e. The van der Waals surface area contributed by atoms with Gasteiger partial charge in [0.1, 0.15) is 11.6 Å². The molecule has 2 aromatic carbocycles. The number of fused-ring (bicyclic) bond motifs is 2. The molecule has 0 N–H and O–H groups in total. The molecular weight excluding hydrogens is 340 g/mol. The Bertz CT molecular complexity index is 749. The predicted molar refractivity (Wildman–Crippen MR) is 105 cm³/mol. The molecule has 4 rings (SSSR count). The van der Waals surface area contributed by atoms with Crippen LogP contribution in [0.1, 0.15) is 51.2 Å². The summed E-state index contributed by atoms with van der Waals surface area (Å²) in [6.45, 7) is 8.89. The zero-order chi connectivity index (χ0) is 19.2. The normalized spacial score (nSPS) is 28.8. The fourth-order valence-electron chi connectivity index (χ4n) is 5.64. The van der Waals surface area contributed by atoms with Crippen molar-refractivity contribution in [2.75, 3.05) is 0 Å². The molecule has 0 unspecified atom stereocenters. The lowest BCUT2D eigenvalue weighted by atomic mass is 9.68. The van der Waals surface area contributed by atoms with Crippen LogP contribution >= 0.6 is 0 Å². The Hall–Kier alpha value is -1.74. The molecule has 1 nitrogen and oxygen atoms in total. The first kappa shape index (κ1) is 18.6.